The predicted molar refractivity (Wildman–Crippen MR) is 139 cm³/mol. The van der Waals surface area contributed by atoms with Crippen LogP contribution in [-0.2, 0) is 16.1 Å². The van der Waals surface area contributed by atoms with Crippen LogP contribution in [0.15, 0.2) is 55.0 Å². The number of para-hydroxylation sites is 1. The number of rotatable bonds is 5. The molecule has 9 nitrogen and oxygen atoms in total. The van der Waals surface area contributed by atoms with E-state index < -0.39 is 0 Å². The summed E-state index contributed by atoms with van der Waals surface area (Å²) in [5, 5.41) is 0. The molecule has 0 radical (unpaired) electrons. The lowest BCUT2D eigenvalue weighted by Crippen LogP contribution is -2.49. The first-order valence-corrected chi connectivity index (χ1v) is 13.0. The molecule has 37 heavy (non-hydrogen) atoms. The van der Waals surface area contributed by atoms with Gasteiger partial charge in [-0.2, -0.15) is 0 Å². The number of benzene rings is 1. The average Bonchev–Trinajstić information content (AvgIpc) is 2.93. The van der Waals surface area contributed by atoms with E-state index in [1.165, 1.54) is 23.5 Å². The van der Waals surface area contributed by atoms with Crippen LogP contribution in [0.25, 0.3) is 0 Å². The number of nitrogens with zero attached hydrogens (tertiary/aromatic N) is 5. The first-order valence-electron chi connectivity index (χ1n) is 13.0. The van der Waals surface area contributed by atoms with Crippen LogP contribution < -0.4 is 4.74 Å². The van der Waals surface area contributed by atoms with E-state index in [9.17, 15) is 14.4 Å². The highest BCUT2D eigenvalue weighted by atomic mass is 16.5. The number of carbonyl (C=O) groups excluding carboxylic acids is 3. The van der Waals surface area contributed by atoms with Crippen molar-refractivity contribution in [1.82, 2.24) is 24.7 Å². The molecule has 0 N–H and O–H groups in total. The van der Waals surface area contributed by atoms with E-state index in [0.29, 0.717) is 45.0 Å². The summed E-state index contributed by atoms with van der Waals surface area (Å²) < 4.78 is 6.06. The number of aromatic nitrogens is 2. The Bertz CT molecular complexity index is 1120. The molecule has 0 unspecified atom stereocenters. The van der Waals surface area contributed by atoms with Gasteiger partial charge in [-0.1, -0.05) is 30.4 Å². The van der Waals surface area contributed by atoms with Gasteiger partial charge in [0.15, 0.2) is 0 Å². The van der Waals surface area contributed by atoms with E-state index >= 15 is 0 Å². The van der Waals surface area contributed by atoms with Gasteiger partial charge in [-0.3, -0.25) is 19.4 Å². The zero-order chi connectivity index (χ0) is 26.2. The fourth-order valence-electron chi connectivity index (χ4n) is 5.04. The highest BCUT2D eigenvalue weighted by molar-refractivity contribution is 5.94. The first kappa shape index (κ1) is 26.3. The number of ether oxygens (including phenoxy) is 1. The van der Waals surface area contributed by atoms with Crippen molar-refractivity contribution in [2.45, 2.75) is 33.2 Å². The van der Waals surface area contributed by atoms with Crippen LogP contribution in [0.5, 0.6) is 5.75 Å². The van der Waals surface area contributed by atoms with Crippen LogP contribution in [0.4, 0.5) is 0 Å². The molecule has 9 heteroatoms. The molecule has 3 amide bonds. The molecule has 196 valence electrons. The second-order valence-electron chi connectivity index (χ2n) is 9.42. The van der Waals surface area contributed by atoms with E-state index in [1.54, 1.807) is 0 Å². The molecular weight excluding hydrogens is 470 g/mol. The molecule has 0 aliphatic carbocycles. The third-order valence-electron chi connectivity index (χ3n) is 7.16. The average molecular weight is 506 g/mol. The monoisotopic (exact) mass is 505 g/mol. The molecule has 1 saturated heterocycles. The zero-order valence-electron chi connectivity index (χ0n) is 21.6. The van der Waals surface area contributed by atoms with Crippen LogP contribution in [-0.4, -0.2) is 81.7 Å². The van der Waals surface area contributed by atoms with Gasteiger partial charge >= 0.3 is 0 Å². The Kier molecular flexibility index (Phi) is 8.87. The van der Waals surface area contributed by atoms with Crippen molar-refractivity contribution in [3.05, 3.63) is 66.3 Å². The summed E-state index contributed by atoms with van der Waals surface area (Å²) in [6.07, 6.45) is 9.63. The molecule has 0 saturated carbocycles. The smallest absolute Gasteiger partial charge is 0.274 e. The van der Waals surface area contributed by atoms with Gasteiger partial charge in [0.2, 0.25) is 11.8 Å². The van der Waals surface area contributed by atoms with Crippen molar-refractivity contribution in [3.8, 4) is 5.75 Å². The summed E-state index contributed by atoms with van der Waals surface area (Å²) in [7, 11) is 0. The van der Waals surface area contributed by atoms with E-state index in [-0.39, 0.29) is 48.3 Å². The van der Waals surface area contributed by atoms with Gasteiger partial charge in [0.05, 0.1) is 12.7 Å². The lowest BCUT2D eigenvalue weighted by atomic mass is 9.82. The van der Waals surface area contributed by atoms with E-state index in [4.69, 9.17) is 4.74 Å². The molecule has 2 atom stereocenters. The zero-order valence-corrected chi connectivity index (χ0v) is 21.6. The predicted octanol–water partition coefficient (Wildman–Crippen LogP) is 2.79. The van der Waals surface area contributed by atoms with Gasteiger partial charge in [0.1, 0.15) is 24.6 Å². The minimum atomic E-state index is -0.361. The summed E-state index contributed by atoms with van der Waals surface area (Å²) in [4.78, 5) is 53.0. The Balaban J connectivity index is 1.60. The molecule has 1 aromatic heterocycles. The SMILES string of the molecule is CCN(CC)C(=O)C[C@@H]1CCN2C[C@@H]1/C=C/COc1ccccc1CN(C(=O)c1cnccn1)CC2=O. The van der Waals surface area contributed by atoms with Crippen molar-refractivity contribution in [3.63, 3.8) is 0 Å². The normalized spacial score (nSPS) is 21.0. The van der Waals surface area contributed by atoms with Crippen LogP contribution in [0.3, 0.4) is 0 Å². The van der Waals surface area contributed by atoms with Gasteiger partial charge in [0, 0.05) is 50.6 Å². The molecule has 0 spiro atoms. The van der Waals surface area contributed by atoms with Gasteiger partial charge < -0.3 is 19.4 Å². The quantitative estimate of drug-likeness (QED) is 0.580. The fraction of sp³-hybridized carbons (Fsp3) is 0.464. The minimum Gasteiger partial charge on any atom is -0.489 e. The largest absolute Gasteiger partial charge is 0.489 e. The van der Waals surface area contributed by atoms with Gasteiger partial charge in [-0.05, 0) is 38.2 Å². The second-order valence-corrected chi connectivity index (χ2v) is 9.42. The second kappa shape index (κ2) is 12.5. The summed E-state index contributed by atoms with van der Waals surface area (Å²) in [6, 6.07) is 7.53. The van der Waals surface area contributed by atoms with Crippen molar-refractivity contribution in [2.24, 2.45) is 11.8 Å². The fourth-order valence-corrected chi connectivity index (χ4v) is 5.04. The third kappa shape index (κ3) is 6.53. The summed E-state index contributed by atoms with van der Waals surface area (Å²) in [5.41, 5.74) is 0.993. The third-order valence-corrected chi connectivity index (χ3v) is 7.16. The number of hydrogen-bond acceptors (Lipinski definition) is 6. The van der Waals surface area contributed by atoms with E-state index in [0.717, 1.165) is 12.0 Å². The van der Waals surface area contributed by atoms with Gasteiger partial charge in [-0.15, -0.1) is 0 Å². The van der Waals surface area contributed by atoms with Crippen molar-refractivity contribution < 1.29 is 19.1 Å². The van der Waals surface area contributed by atoms with Crippen LogP contribution in [0.2, 0.25) is 0 Å². The highest BCUT2D eigenvalue weighted by Gasteiger charge is 2.33. The lowest BCUT2D eigenvalue weighted by molar-refractivity contribution is -0.135. The molecule has 2 aliphatic rings. The number of hydrogen-bond donors (Lipinski definition) is 0. The van der Waals surface area contributed by atoms with Crippen LogP contribution >= 0.6 is 0 Å². The van der Waals surface area contributed by atoms with Crippen molar-refractivity contribution in [2.75, 3.05) is 39.3 Å². The molecule has 3 heterocycles. The molecule has 4 rings (SSSR count). The maximum Gasteiger partial charge on any atom is 0.274 e. The summed E-state index contributed by atoms with van der Waals surface area (Å²) >= 11 is 0. The summed E-state index contributed by atoms with van der Waals surface area (Å²) in [6.45, 7) is 6.91. The number of amides is 3. The first-order chi connectivity index (χ1) is 18.0. The number of carbonyl (C=O) groups is 3. The van der Waals surface area contributed by atoms with Crippen LogP contribution in [0, 0.1) is 11.8 Å². The molecule has 2 aliphatic heterocycles. The Morgan fingerprint density at radius 3 is 2.70 bits per heavy atom. The van der Waals surface area contributed by atoms with Gasteiger partial charge in [0.25, 0.3) is 5.91 Å². The maximum absolute atomic E-state index is 13.5. The Morgan fingerprint density at radius 1 is 1.14 bits per heavy atom. The van der Waals surface area contributed by atoms with Crippen LogP contribution in [0.1, 0.15) is 42.7 Å². The van der Waals surface area contributed by atoms with Crippen molar-refractivity contribution >= 4 is 17.7 Å². The Labute approximate surface area is 218 Å². The van der Waals surface area contributed by atoms with E-state index in [1.807, 2.05) is 54.0 Å². The molecule has 1 aromatic carbocycles. The van der Waals surface area contributed by atoms with Crippen molar-refractivity contribution in [1.29, 1.82) is 0 Å². The highest BCUT2D eigenvalue weighted by Crippen LogP contribution is 2.29. The summed E-state index contributed by atoms with van der Waals surface area (Å²) in [5.74, 6) is 0.496. The number of fused-ring (bicyclic) bond motifs is 3. The molecular formula is C28H35N5O4. The van der Waals surface area contributed by atoms with Gasteiger partial charge in [-0.25, -0.2) is 4.98 Å². The standard InChI is InChI=1S/C28H35N5O4/c1-3-31(4-2)26(34)16-21-11-14-32-18-22(21)9-7-15-37-25-10-6-5-8-23(25)19-33(20-27(32)35)28(36)24-17-29-12-13-30-24/h5-10,12-13,17,21-22H,3-4,11,14-16,18-20H2,1-2H3/b9-7+/t21-,22-/m0/s1. The number of piperidine rings is 1. The maximum atomic E-state index is 13.5. The minimum absolute atomic E-state index is 0.0287. The topological polar surface area (TPSA) is 95.9 Å². The molecule has 1 fully saturated rings. The molecule has 2 aromatic rings. The molecule has 2 bridgehead atoms. The Morgan fingerprint density at radius 2 is 1.95 bits per heavy atom. The Hall–Kier alpha value is -3.75. The van der Waals surface area contributed by atoms with E-state index in [2.05, 4.69) is 16.0 Å². The lowest BCUT2D eigenvalue weighted by Gasteiger charge is -2.38.